The van der Waals surface area contributed by atoms with Crippen molar-refractivity contribution in [2.24, 2.45) is 7.05 Å². The number of pyridine rings is 1. The summed E-state index contributed by atoms with van der Waals surface area (Å²) in [5.74, 6) is 0.680. The van der Waals surface area contributed by atoms with Gasteiger partial charge in [0.25, 0.3) is 5.56 Å². The molecule has 2 fully saturated rings. The fraction of sp³-hybridized carbons (Fsp3) is 0.381. The third kappa shape index (κ3) is 3.09. The van der Waals surface area contributed by atoms with Gasteiger partial charge in [-0.15, -0.1) is 0 Å². The van der Waals surface area contributed by atoms with E-state index in [0.29, 0.717) is 53.0 Å². The Morgan fingerprint density at radius 3 is 2.76 bits per heavy atom. The second-order valence-corrected chi connectivity index (χ2v) is 8.26. The lowest BCUT2D eigenvalue weighted by Crippen LogP contribution is -2.44. The molecule has 3 aromatic rings. The number of ether oxygens (including phenoxy) is 1. The largest absolute Gasteiger partial charge is 0.371 e. The van der Waals surface area contributed by atoms with E-state index in [4.69, 9.17) is 21.3 Å². The van der Waals surface area contributed by atoms with Gasteiger partial charge in [0.2, 0.25) is 0 Å². The molecule has 6 nitrogen and oxygen atoms in total. The smallest absolute Gasteiger partial charge is 0.261 e. The Morgan fingerprint density at radius 1 is 1.24 bits per heavy atom. The number of fused-ring (bicyclic) bond motifs is 1. The zero-order chi connectivity index (χ0) is 20.3. The van der Waals surface area contributed by atoms with Gasteiger partial charge in [0.1, 0.15) is 28.7 Å². The van der Waals surface area contributed by atoms with E-state index in [1.54, 1.807) is 32.2 Å². The molecule has 3 heterocycles. The molecule has 1 saturated heterocycles. The minimum absolute atomic E-state index is 0.100. The first kappa shape index (κ1) is 18.5. The molecule has 150 valence electrons. The van der Waals surface area contributed by atoms with Crippen molar-refractivity contribution in [2.45, 2.75) is 25.4 Å². The van der Waals surface area contributed by atoms with E-state index in [-0.39, 0.29) is 16.7 Å². The van der Waals surface area contributed by atoms with Crippen LogP contribution in [0.15, 0.2) is 29.1 Å². The quantitative estimate of drug-likeness (QED) is 0.642. The first-order chi connectivity index (χ1) is 13.9. The van der Waals surface area contributed by atoms with Crippen molar-refractivity contribution in [1.29, 1.82) is 0 Å². The second-order valence-electron chi connectivity index (χ2n) is 7.83. The third-order valence-corrected chi connectivity index (χ3v) is 6.07. The molecule has 29 heavy (non-hydrogen) atoms. The van der Waals surface area contributed by atoms with E-state index in [1.807, 2.05) is 0 Å². The van der Waals surface area contributed by atoms with Crippen molar-refractivity contribution in [2.75, 3.05) is 24.6 Å². The van der Waals surface area contributed by atoms with Crippen molar-refractivity contribution >= 4 is 28.3 Å². The molecule has 1 spiro atoms. The summed E-state index contributed by atoms with van der Waals surface area (Å²) in [7, 11) is 1.68. The Bertz CT molecular complexity index is 1210. The van der Waals surface area contributed by atoms with Crippen LogP contribution in [0, 0.1) is 12.7 Å². The molecule has 1 aromatic carbocycles. The molecule has 1 aliphatic heterocycles. The van der Waals surface area contributed by atoms with Crippen molar-refractivity contribution in [1.82, 2.24) is 14.5 Å². The van der Waals surface area contributed by atoms with Crippen LogP contribution in [0.5, 0.6) is 0 Å². The van der Waals surface area contributed by atoms with Crippen molar-refractivity contribution < 1.29 is 9.13 Å². The van der Waals surface area contributed by atoms with Crippen LogP contribution < -0.4 is 10.5 Å². The lowest BCUT2D eigenvalue weighted by atomic mass is 10.1. The summed E-state index contributed by atoms with van der Waals surface area (Å²) in [6.07, 6.45) is 2.05. The summed E-state index contributed by atoms with van der Waals surface area (Å²) in [6, 6.07) is 6.21. The van der Waals surface area contributed by atoms with E-state index in [0.717, 1.165) is 12.8 Å². The van der Waals surface area contributed by atoms with E-state index in [1.165, 1.54) is 10.6 Å². The van der Waals surface area contributed by atoms with Gasteiger partial charge < -0.3 is 9.64 Å². The Labute approximate surface area is 171 Å². The average Bonchev–Trinajstić information content (AvgIpc) is 3.44. The summed E-state index contributed by atoms with van der Waals surface area (Å²) in [5.41, 5.74) is 0.739. The zero-order valence-corrected chi connectivity index (χ0v) is 17.0. The molecule has 8 heteroatoms. The van der Waals surface area contributed by atoms with Crippen LogP contribution in [0.4, 0.5) is 10.2 Å². The Hall–Kier alpha value is -2.51. The van der Waals surface area contributed by atoms with Crippen LogP contribution in [0.25, 0.3) is 22.2 Å². The highest BCUT2D eigenvalue weighted by atomic mass is 35.5. The SMILES string of the molecule is Cc1nc2c(-c3ccc(Cl)cc3F)nc(N3CCOC4(CC4)C3)cc2c(=O)n1C. The summed E-state index contributed by atoms with van der Waals surface area (Å²) in [6.45, 7) is 3.74. The van der Waals surface area contributed by atoms with Crippen LogP contribution in [-0.4, -0.2) is 39.8 Å². The summed E-state index contributed by atoms with van der Waals surface area (Å²) < 4.78 is 22.2. The van der Waals surface area contributed by atoms with Gasteiger partial charge in [-0.05, 0) is 44.0 Å². The Kier molecular flexibility index (Phi) is 4.15. The molecule has 5 rings (SSSR count). The number of hydrogen-bond donors (Lipinski definition) is 0. The number of benzene rings is 1. The zero-order valence-electron chi connectivity index (χ0n) is 16.2. The summed E-state index contributed by atoms with van der Waals surface area (Å²) >= 11 is 5.93. The second kappa shape index (κ2) is 6.50. The fourth-order valence-electron chi connectivity index (χ4n) is 3.88. The maximum Gasteiger partial charge on any atom is 0.261 e. The standard InChI is InChI=1S/C21H20ClFN4O2/c1-12-24-19-15(20(28)26(12)2)10-17(27-7-8-29-21(11-27)5-6-21)25-18(19)14-4-3-13(22)9-16(14)23/h3-4,9-10H,5-8,11H2,1-2H3. The van der Waals surface area contributed by atoms with Crippen molar-refractivity contribution in [3.8, 4) is 11.3 Å². The molecule has 0 amide bonds. The van der Waals surface area contributed by atoms with Gasteiger partial charge in [-0.3, -0.25) is 9.36 Å². The molecule has 1 aliphatic carbocycles. The van der Waals surface area contributed by atoms with Gasteiger partial charge in [-0.1, -0.05) is 11.6 Å². The molecule has 0 N–H and O–H groups in total. The van der Waals surface area contributed by atoms with Crippen LogP contribution >= 0.6 is 11.6 Å². The summed E-state index contributed by atoms with van der Waals surface area (Å²) in [4.78, 5) is 24.4. The molecule has 2 aromatic heterocycles. The predicted molar refractivity (Wildman–Crippen MR) is 110 cm³/mol. The van der Waals surface area contributed by atoms with Crippen molar-refractivity contribution in [3.05, 3.63) is 51.3 Å². The van der Waals surface area contributed by atoms with E-state index in [9.17, 15) is 9.18 Å². The van der Waals surface area contributed by atoms with Gasteiger partial charge in [-0.2, -0.15) is 0 Å². The average molecular weight is 415 g/mol. The molecule has 1 saturated carbocycles. The highest BCUT2D eigenvalue weighted by Crippen LogP contribution is 2.43. The normalized spacial score (nSPS) is 17.9. The number of nitrogens with zero attached hydrogens (tertiary/aromatic N) is 4. The number of hydrogen-bond acceptors (Lipinski definition) is 5. The van der Waals surface area contributed by atoms with Gasteiger partial charge in [0, 0.05) is 30.7 Å². The number of halogens is 2. The first-order valence-electron chi connectivity index (χ1n) is 9.60. The molecular weight excluding hydrogens is 395 g/mol. The topological polar surface area (TPSA) is 60.2 Å². The number of morpholine rings is 1. The maximum atomic E-state index is 14.8. The molecular formula is C21H20ClFN4O2. The number of rotatable bonds is 2. The molecule has 0 bridgehead atoms. The summed E-state index contributed by atoms with van der Waals surface area (Å²) in [5, 5.41) is 0.722. The minimum atomic E-state index is -0.496. The van der Waals surface area contributed by atoms with Crippen LogP contribution in [0.1, 0.15) is 18.7 Å². The lowest BCUT2D eigenvalue weighted by molar-refractivity contribution is 0.0204. The molecule has 2 aliphatic rings. The minimum Gasteiger partial charge on any atom is -0.371 e. The van der Waals surface area contributed by atoms with Gasteiger partial charge in [0.15, 0.2) is 0 Å². The molecule has 0 unspecified atom stereocenters. The van der Waals surface area contributed by atoms with Gasteiger partial charge in [-0.25, -0.2) is 14.4 Å². The highest BCUT2D eigenvalue weighted by Gasteiger charge is 2.47. The number of anilines is 1. The van der Waals surface area contributed by atoms with Crippen LogP contribution in [-0.2, 0) is 11.8 Å². The first-order valence-corrected chi connectivity index (χ1v) is 9.97. The fourth-order valence-corrected chi connectivity index (χ4v) is 4.04. The van der Waals surface area contributed by atoms with Gasteiger partial charge >= 0.3 is 0 Å². The Morgan fingerprint density at radius 2 is 2.03 bits per heavy atom. The Balaban J connectivity index is 1.76. The molecule has 0 atom stereocenters. The van der Waals surface area contributed by atoms with Crippen LogP contribution in [0.2, 0.25) is 5.02 Å². The number of aryl methyl sites for hydroxylation is 1. The van der Waals surface area contributed by atoms with E-state index < -0.39 is 5.82 Å². The van der Waals surface area contributed by atoms with Gasteiger partial charge in [0.05, 0.1) is 17.6 Å². The third-order valence-electron chi connectivity index (χ3n) is 5.84. The van der Waals surface area contributed by atoms with Crippen LogP contribution in [0.3, 0.4) is 0 Å². The highest BCUT2D eigenvalue weighted by molar-refractivity contribution is 6.30. The lowest BCUT2D eigenvalue weighted by Gasteiger charge is -2.34. The predicted octanol–water partition coefficient (Wildman–Crippen LogP) is 3.47. The van der Waals surface area contributed by atoms with E-state index in [2.05, 4.69) is 9.88 Å². The van der Waals surface area contributed by atoms with E-state index >= 15 is 0 Å². The maximum absolute atomic E-state index is 14.8. The monoisotopic (exact) mass is 414 g/mol. The number of aromatic nitrogens is 3. The van der Waals surface area contributed by atoms with Crippen molar-refractivity contribution in [3.63, 3.8) is 0 Å². The molecule has 0 radical (unpaired) electrons.